The smallest absolute Gasteiger partial charge is 0.311 e. The van der Waals surface area contributed by atoms with E-state index >= 15 is 0 Å². The lowest BCUT2D eigenvalue weighted by Gasteiger charge is -2.35. The van der Waals surface area contributed by atoms with E-state index in [1.807, 2.05) is 6.07 Å². The van der Waals surface area contributed by atoms with Gasteiger partial charge >= 0.3 is 5.97 Å². The second-order valence-corrected chi connectivity index (χ2v) is 7.48. The van der Waals surface area contributed by atoms with Gasteiger partial charge in [0.2, 0.25) is 0 Å². The normalized spacial score (nSPS) is 16.7. The predicted molar refractivity (Wildman–Crippen MR) is 95.0 cm³/mol. The molecule has 1 aliphatic carbocycles. The van der Waals surface area contributed by atoms with Gasteiger partial charge in [-0.25, -0.2) is 0 Å². The molecule has 0 bridgehead atoms. The molecule has 1 fully saturated rings. The lowest BCUT2D eigenvalue weighted by Crippen LogP contribution is -2.50. The van der Waals surface area contributed by atoms with Gasteiger partial charge in [-0.15, -0.1) is 0 Å². The number of rotatable bonds is 6. The molecule has 1 aliphatic rings. The fraction of sp³-hybridized carbons (Fsp3) is 0.550. The van der Waals surface area contributed by atoms with Crippen molar-refractivity contribution >= 4 is 11.9 Å². The first-order chi connectivity index (χ1) is 11.8. The maximum Gasteiger partial charge on any atom is 0.311 e. The topological polar surface area (TPSA) is 90.2 Å². The Morgan fingerprint density at radius 1 is 1.24 bits per heavy atom. The third-order valence-electron chi connectivity index (χ3n) is 5.30. The summed E-state index contributed by atoms with van der Waals surface area (Å²) in [6.07, 6.45) is 6.46. The van der Waals surface area contributed by atoms with E-state index in [4.69, 9.17) is 5.26 Å². The number of nitrogens with one attached hydrogen (secondary N) is 1. The molecule has 0 spiro atoms. The molecule has 1 atom stereocenters. The van der Waals surface area contributed by atoms with Crippen LogP contribution < -0.4 is 5.32 Å². The molecule has 1 aromatic carbocycles. The van der Waals surface area contributed by atoms with Crippen molar-refractivity contribution in [1.82, 2.24) is 5.32 Å². The van der Waals surface area contributed by atoms with Crippen molar-refractivity contribution in [3.8, 4) is 6.07 Å². The first kappa shape index (κ1) is 19.0. The van der Waals surface area contributed by atoms with Crippen LogP contribution in [0.4, 0.5) is 0 Å². The van der Waals surface area contributed by atoms with Crippen LogP contribution >= 0.6 is 0 Å². The zero-order valence-corrected chi connectivity index (χ0v) is 14.9. The average molecular weight is 342 g/mol. The van der Waals surface area contributed by atoms with Crippen molar-refractivity contribution in [2.75, 3.05) is 0 Å². The molecule has 1 aromatic rings. The monoisotopic (exact) mass is 342 g/mol. The second kappa shape index (κ2) is 8.15. The predicted octanol–water partition coefficient (Wildman–Crippen LogP) is 3.74. The van der Waals surface area contributed by atoms with Crippen molar-refractivity contribution in [2.45, 2.75) is 58.4 Å². The molecule has 0 radical (unpaired) electrons. The van der Waals surface area contributed by atoms with E-state index < -0.39 is 17.4 Å². The molecular weight excluding hydrogens is 316 g/mol. The number of hydrogen-bond donors (Lipinski definition) is 2. The average Bonchev–Trinajstić information content (AvgIpc) is 2.61. The molecule has 0 saturated heterocycles. The van der Waals surface area contributed by atoms with Crippen LogP contribution in [0, 0.1) is 22.7 Å². The highest BCUT2D eigenvalue weighted by Gasteiger charge is 2.39. The maximum absolute atomic E-state index is 12.6. The minimum absolute atomic E-state index is 0.292. The van der Waals surface area contributed by atoms with Gasteiger partial charge in [-0.3, -0.25) is 9.59 Å². The summed E-state index contributed by atoms with van der Waals surface area (Å²) < 4.78 is 0. The van der Waals surface area contributed by atoms with Crippen LogP contribution in [0.1, 0.15) is 68.3 Å². The van der Waals surface area contributed by atoms with E-state index in [0.717, 1.165) is 12.8 Å². The number of nitriles is 1. The third-order valence-corrected chi connectivity index (χ3v) is 5.30. The van der Waals surface area contributed by atoms with E-state index in [1.165, 1.54) is 19.3 Å². The van der Waals surface area contributed by atoms with Crippen LogP contribution in [0.3, 0.4) is 0 Å². The van der Waals surface area contributed by atoms with Crippen molar-refractivity contribution in [1.29, 1.82) is 5.26 Å². The van der Waals surface area contributed by atoms with E-state index in [0.29, 0.717) is 23.5 Å². The van der Waals surface area contributed by atoms with Gasteiger partial charge in [-0.1, -0.05) is 32.1 Å². The zero-order valence-electron chi connectivity index (χ0n) is 14.9. The van der Waals surface area contributed by atoms with Crippen LogP contribution in [0.25, 0.3) is 0 Å². The third kappa shape index (κ3) is 4.82. The summed E-state index contributed by atoms with van der Waals surface area (Å²) in [7, 11) is 0. The molecule has 25 heavy (non-hydrogen) atoms. The molecule has 1 amide bonds. The number of hydrogen-bond acceptors (Lipinski definition) is 3. The van der Waals surface area contributed by atoms with Crippen molar-refractivity contribution in [3.05, 3.63) is 35.4 Å². The van der Waals surface area contributed by atoms with Crippen molar-refractivity contribution < 1.29 is 14.7 Å². The van der Waals surface area contributed by atoms with Gasteiger partial charge in [0.05, 0.1) is 17.0 Å². The summed E-state index contributed by atoms with van der Waals surface area (Å²) >= 11 is 0. The minimum Gasteiger partial charge on any atom is -0.481 e. The van der Waals surface area contributed by atoms with Crippen LogP contribution in [0.2, 0.25) is 0 Å². The summed E-state index contributed by atoms with van der Waals surface area (Å²) in [5.41, 5.74) is -0.116. The van der Waals surface area contributed by atoms with Crippen molar-refractivity contribution in [2.24, 2.45) is 11.3 Å². The molecule has 2 rings (SSSR count). The molecular formula is C20H26N2O3. The maximum atomic E-state index is 12.6. The minimum atomic E-state index is -1.04. The Morgan fingerprint density at radius 3 is 2.36 bits per heavy atom. The highest BCUT2D eigenvalue weighted by Crippen LogP contribution is 2.33. The Hall–Kier alpha value is -2.35. The van der Waals surface area contributed by atoms with Crippen molar-refractivity contribution in [3.63, 3.8) is 0 Å². The molecule has 1 unspecified atom stereocenters. The standard InChI is InChI=1S/C20H26N2O3/c1-20(2,19(24)25)17(12-14-6-4-3-5-7-14)22-18(23)16-10-8-15(13-21)9-11-16/h8-11,14,17H,3-7,12H2,1-2H3,(H,22,23)(H,24,25). The number of carboxylic acids is 1. The van der Waals surface area contributed by atoms with Gasteiger partial charge in [-0.05, 0) is 50.5 Å². The zero-order chi connectivity index (χ0) is 18.4. The summed E-state index contributed by atoms with van der Waals surface area (Å²) in [6, 6.07) is 7.96. The molecule has 5 heteroatoms. The van der Waals surface area contributed by atoms with Crippen LogP contribution in [0.5, 0.6) is 0 Å². The van der Waals surface area contributed by atoms with E-state index in [-0.39, 0.29) is 5.91 Å². The lowest BCUT2D eigenvalue weighted by molar-refractivity contribution is -0.148. The molecule has 1 saturated carbocycles. The Bertz CT molecular complexity index is 653. The summed E-state index contributed by atoms with van der Waals surface area (Å²) in [4.78, 5) is 24.3. The number of amides is 1. The number of aliphatic carboxylic acids is 1. The Balaban J connectivity index is 2.14. The first-order valence-electron chi connectivity index (χ1n) is 8.89. The largest absolute Gasteiger partial charge is 0.481 e. The van der Waals surface area contributed by atoms with Gasteiger partial charge in [0.1, 0.15) is 0 Å². The van der Waals surface area contributed by atoms with Gasteiger partial charge in [0.15, 0.2) is 0 Å². The second-order valence-electron chi connectivity index (χ2n) is 7.48. The Labute approximate surface area is 149 Å². The van der Waals surface area contributed by atoms with Gasteiger partial charge < -0.3 is 10.4 Å². The van der Waals surface area contributed by atoms with Crippen LogP contribution in [0.15, 0.2) is 24.3 Å². The molecule has 134 valence electrons. The molecule has 0 heterocycles. The fourth-order valence-electron chi connectivity index (χ4n) is 3.38. The Morgan fingerprint density at radius 2 is 1.84 bits per heavy atom. The van der Waals surface area contributed by atoms with E-state index in [1.54, 1.807) is 38.1 Å². The summed E-state index contributed by atoms with van der Waals surface area (Å²) in [6.45, 7) is 3.34. The Kier molecular flexibility index (Phi) is 6.19. The summed E-state index contributed by atoms with van der Waals surface area (Å²) in [5.74, 6) is -0.744. The number of benzene rings is 1. The highest BCUT2D eigenvalue weighted by molar-refractivity contribution is 5.95. The molecule has 5 nitrogen and oxygen atoms in total. The molecule has 2 N–H and O–H groups in total. The van der Waals surface area contributed by atoms with E-state index in [2.05, 4.69) is 5.32 Å². The van der Waals surface area contributed by atoms with Crippen LogP contribution in [-0.2, 0) is 4.79 Å². The summed E-state index contributed by atoms with van der Waals surface area (Å²) in [5, 5.41) is 21.4. The van der Waals surface area contributed by atoms with Crippen LogP contribution in [-0.4, -0.2) is 23.0 Å². The first-order valence-corrected chi connectivity index (χ1v) is 8.89. The lowest BCUT2D eigenvalue weighted by atomic mass is 9.76. The fourth-order valence-corrected chi connectivity index (χ4v) is 3.38. The number of nitrogens with zero attached hydrogens (tertiary/aromatic N) is 1. The molecule has 0 aromatic heterocycles. The quantitative estimate of drug-likeness (QED) is 0.824. The highest BCUT2D eigenvalue weighted by atomic mass is 16.4. The van der Waals surface area contributed by atoms with Gasteiger partial charge in [0, 0.05) is 11.6 Å². The molecule has 0 aliphatic heterocycles. The van der Waals surface area contributed by atoms with Gasteiger partial charge in [-0.2, -0.15) is 5.26 Å². The van der Waals surface area contributed by atoms with Gasteiger partial charge in [0.25, 0.3) is 5.91 Å². The van der Waals surface area contributed by atoms with E-state index in [9.17, 15) is 14.7 Å². The number of carbonyl (C=O) groups is 2. The number of carboxylic acid groups (broad SMARTS) is 1. The number of carbonyl (C=O) groups excluding carboxylic acids is 1. The SMILES string of the molecule is CC(C)(C(=O)O)C(CC1CCCCC1)NC(=O)c1ccc(C#N)cc1.